The highest BCUT2D eigenvalue weighted by Crippen LogP contribution is 2.29. The van der Waals surface area contributed by atoms with Gasteiger partial charge in [-0.05, 0) is 43.3 Å². The van der Waals surface area contributed by atoms with E-state index in [-0.39, 0.29) is 11.1 Å². The zero-order valence-electron chi connectivity index (χ0n) is 10.8. The molecular formula is C15H13Cl3FN. The number of hydrogen-bond donors (Lipinski definition) is 1. The Morgan fingerprint density at radius 3 is 2.55 bits per heavy atom. The van der Waals surface area contributed by atoms with Crippen LogP contribution in [-0.4, -0.2) is 7.05 Å². The molecular weight excluding hydrogens is 320 g/mol. The van der Waals surface area contributed by atoms with Gasteiger partial charge in [-0.25, -0.2) is 4.39 Å². The molecule has 1 nitrogen and oxygen atoms in total. The molecule has 0 amide bonds. The van der Waals surface area contributed by atoms with Crippen LogP contribution in [0.25, 0.3) is 0 Å². The highest BCUT2D eigenvalue weighted by molar-refractivity contribution is 6.33. The molecule has 0 heterocycles. The van der Waals surface area contributed by atoms with Gasteiger partial charge < -0.3 is 5.32 Å². The van der Waals surface area contributed by atoms with Crippen LogP contribution in [0.5, 0.6) is 0 Å². The van der Waals surface area contributed by atoms with Crippen molar-refractivity contribution in [2.24, 2.45) is 0 Å². The standard InChI is InChI=1S/C15H13Cl3FN/c1-20-14(11-3-2-4-13(18)15(11)19)8-9-7-10(16)5-6-12(9)17/h2-7,14,20H,8H2,1H3. The molecule has 5 heteroatoms. The lowest BCUT2D eigenvalue weighted by molar-refractivity contribution is 0.534. The van der Waals surface area contributed by atoms with Crippen molar-refractivity contribution in [3.63, 3.8) is 0 Å². The van der Waals surface area contributed by atoms with Crippen LogP contribution < -0.4 is 5.32 Å². The van der Waals surface area contributed by atoms with Crippen LogP contribution in [0.3, 0.4) is 0 Å². The third-order valence-corrected chi connectivity index (χ3v) is 4.03. The van der Waals surface area contributed by atoms with Crippen molar-refractivity contribution >= 4 is 34.8 Å². The summed E-state index contributed by atoms with van der Waals surface area (Å²) in [5.41, 5.74) is 1.37. The van der Waals surface area contributed by atoms with E-state index in [1.54, 1.807) is 37.4 Å². The number of hydrogen-bond acceptors (Lipinski definition) is 1. The average molecular weight is 333 g/mol. The predicted molar refractivity (Wildman–Crippen MR) is 83.4 cm³/mol. The Morgan fingerprint density at radius 2 is 1.85 bits per heavy atom. The van der Waals surface area contributed by atoms with Crippen LogP contribution in [0.2, 0.25) is 15.1 Å². The summed E-state index contributed by atoms with van der Waals surface area (Å²) in [6.07, 6.45) is 0.521. The number of halogens is 4. The largest absolute Gasteiger partial charge is 0.313 e. The Kier molecular flexibility index (Phi) is 5.28. The number of nitrogens with one attached hydrogen (secondary N) is 1. The summed E-state index contributed by atoms with van der Waals surface area (Å²) in [5, 5.41) is 4.40. The third-order valence-electron chi connectivity index (χ3n) is 3.14. The molecule has 0 radical (unpaired) electrons. The van der Waals surface area contributed by atoms with Crippen molar-refractivity contribution < 1.29 is 4.39 Å². The van der Waals surface area contributed by atoms with E-state index in [2.05, 4.69) is 5.32 Å². The summed E-state index contributed by atoms with van der Waals surface area (Å²) in [4.78, 5) is 0. The van der Waals surface area contributed by atoms with Crippen LogP contribution >= 0.6 is 34.8 Å². The summed E-state index contributed by atoms with van der Waals surface area (Å²) in [6, 6.07) is 9.98. The molecule has 0 spiro atoms. The molecule has 2 rings (SSSR count). The highest BCUT2D eigenvalue weighted by atomic mass is 35.5. The van der Waals surface area contributed by atoms with E-state index < -0.39 is 5.82 Å². The van der Waals surface area contributed by atoms with Gasteiger partial charge in [-0.15, -0.1) is 0 Å². The monoisotopic (exact) mass is 331 g/mol. The Labute approximate surface area is 132 Å². The molecule has 0 aliphatic heterocycles. The Balaban J connectivity index is 2.34. The predicted octanol–water partition coefficient (Wildman–Crippen LogP) is 5.29. The first-order valence-electron chi connectivity index (χ1n) is 6.08. The molecule has 0 saturated carbocycles. The van der Waals surface area contributed by atoms with E-state index in [4.69, 9.17) is 34.8 Å². The first kappa shape index (κ1) is 15.6. The molecule has 2 aromatic rings. The molecule has 0 saturated heterocycles. The van der Waals surface area contributed by atoms with Gasteiger partial charge in [-0.1, -0.05) is 46.9 Å². The summed E-state index contributed by atoms with van der Waals surface area (Å²) in [5.74, 6) is -0.410. The summed E-state index contributed by atoms with van der Waals surface area (Å²) in [6.45, 7) is 0. The number of likely N-dealkylation sites (N-methyl/N-ethyl adjacent to an activating group) is 1. The fraction of sp³-hybridized carbons (Fsp3) is 0.200. The number of benzene rings is 2. The van der Waals surface area contributed by atoms with E-state index in [0.717, 1.165) is 5.56 Å². The molecule has 0 aromatic heterocycles. The third kappa shape index (κ3) is 3.44. The molecule has 0 fully saturated rings. The van der Waals surface area contributed by atoms with Gasteiger partial charge in [-0.3, -0.25) is 0 Å². The zero-order valence-corrected chi connectivity index (χ0v) is 13.0. The molecule has 0 bridgehead atoms. The second-order valence-corrected chi connectivity index (χ2v) is 5.67. The second-order valence-electron chi connectivity index (χ2n) is 4.42. The van der Waals surface area contributed by atoms with Crippen molar-refractivity contribution in [1.29, 1.82) is 0 Å². The fourth-order valence-corrected chi connectivity index (χ4v) is 2.65. The molecule has 0 aliphatic rings. The minimum atomic E-state index is -0.410. The van der Waals surface area contributed by atoms with Crippen LogP contribution in [0.4, 0.5) is 4.39 Å². The highest BCUT2D eigenvalue weighted by Gasteiger charge is 2.17. The maximum Gasteiger partial charge on any atom is 0.146 e. The van der Waals surface area contributed by atoms with Crippen LogP contribution in [-0.2, 0) is 6.42 Å². The lowest BCUT2D eigenvalue weighted by Gasteiger charge is -2.19. The van der Waals surface area contributed by atoms with E-state index in [0.29, 0.717) is 22.0 Å². The second kappa shape index (κ2) is 6.77. The van der Waals surface area contributed by atoms with Crippen molar-refractivity contribution in [3.05, 3.63) is 68.4 Å². The Hall–Kier alpha value is -0.800. The average Bonchev–Trinajstić information content (AvgIpc) is 2.43. The van der Waals surface area contributed by atoms with Crippen molar-refractivity contribution in [3.8, 4) is 0 Å². The van der Waals surface area contributed by atoms with Gasteiger partial charge in [0.25, 0.3) is 0 Å². The molecule has 1 atom stereocenters. The first-order valence-corrected chi connectivity index (χ1v) is 7.21. The van der Waals surface area contributed by atoms with Crippen molar-refractivity contribution in [2.75, 3.05) is 7.05 Å². The van der Waals surface area contributed by atoms with Gasteiger partial charge in [0.2, 0.25) is 0 Å². The first-order chi connectivity index (χ1) is 9.52. The Bertz CT molecular complexity index is 616. The summed E-state index contributed by atoms with van der Waals surface area (Å²) < 4.78 is 14.1. The van der Waals surface area contributed by atoms with Crippen LogP contribution in [0.1, 0.15) is 17.2 Å². The SMILES string of the molecule is CNC(Cc1cc(Cl)ccc1Cl)c1cccc(Cl)c1F. The van der Waals surface area contributed by atoms with Gasteiger partial charge in [-0.2, -0.15) is 0 Å². The normalized spacial score (nSPS) is 12.4. The van der Waals surface area contributed by atoms with Gasteiger partial charge in [0.1, 0.15) is 5.82 Å². The maximum absolute atomic E-state index is 14.1. The van der Waals surface area contributed by atoms with Crippen LogP contribution in [0.15, 0.2) is 36.4 Å². The lowest BCUT2D eigenvalue weighted by Crippen LogP contribution is -2.20. The molecule has 1 N–H and O–H groups in total. The molecule has 106 valence electrons. The van der Waals surface area contributed by atoms with Gasteiger partial charge in [0.05, 0.1) is 5.02 Å². The van der Waals surface area contributed by atoms with Crippen molar-refractivity contribution in [1.82, 2.24) is 5.32 Å². The quantitative estimate of drug-likeness (QED) is 0.802. The maximum atomic E-state index is 14.1. The molecule has 1 unspecified atom stereocenters. The molecule has 0 aliphatic carbocycles. The van der Waals surface area contributed by atoms with E-state index in [9.17, 15) is 4.39 Å². The van der Waals surface area contributed by atoms with E-state index in [1.165, 1.54) is 6.07 Å². The van der Waals surface area contributed by atoms with Gasteiger partial charge >= 0.3 is 0 Å². The number of rotatable bonds is 4. The molecule has 2 aromatic carbocycles. The lowest BCUT2D eigenvalue weighted by atomic mass is 9.98. The fourth-order valence-electron chi connectivity index (χ4n) is 2.08. The molecule has 20 heavy (non-hydrogen) atoms. The van der Waals surface area contributed by atoms with Crippen LogP contribution in [0, 0.1) is 5.82 Å². The topological polar surface area (TPSA) is 12.0 Å². The summed E-state index contributed by atoms with van der Waals surface area (Å²) >= 11 is 17.9. The van der Waals surface area contributed by atoms with Gasteiger partial charge in [0.15, 0.2) is 0 Å². The van der Waals surface area contributed by atoms with E-state index in [1.807, 2.05) is 0 Å². The van der Waals surface area contributed by atoms with Crippen molar-refractivity contribution in [2.45, 2.75) is 12.5 Å². The minimum absolute atomic E-state index is 0.111. The summed E-state index contributed by atoms with van der Waals surface area (Å²) in [7, 11) is 1.77. The smallest absolute Gasteiger partial charge is 0.146 e. The Morgan fingerprint density at radius 1 is 1.10 bits per heavy atom. The minimum Gasteiger partial charge on any atom is -0.313 e. The zero-order chi connectivity index (χ0) is 14.7. The van der Waals surface area contributed by atoms with E-state index >= 15 is 0 Å². The van der Waals surface area contributed by atoms with Gasteiger partial charge in [0, 0.05) is 21.7 Å².